The van der Waals surface area contributed by atoms with Crippen LogP contribution in [-0.2, 0) is 18.0 Å². The summed E-state index contributed by atoms with van der Waals surface area (Å²) in [6.07, 6.45) is 1.90. The van der Waals surface area contributed by atoms with Crippen LogP contribution >= 0.6 is 11.3 Å². The van der Waals surface area contributed by atoms with E-state index in [0.717, 1.165) is 30.5 Å². The molecule has 0 radical (unpaired) electrons. The summed E-state index contributed by atoms with van der Waals surface area (Å²) in [6.45, 7) is 2.19. The Labute approximate surface area is 161 Å². The van der Waals surface area contributed by atoms with Crippen molar-refractivity contribution in [3.63, 3.8) is 0 Å². The van der Waals surface area contributed by atoms with Crippen LogP contribution in [0.4, 0.5) is 0 Å². The van der Waals surface area contributed by atoms with Crippen molar-refractivity contribution < 1.29 is 14.1 Å². The van der Waals surface area contributed by atoms with Crippen LogP contribution < -0.4 is 0 Å². The highest BCUT2D eigenvalue weighted by atomic mass is 32.1. The van der Waals surface area contributed by atoms with Gasteiger partial charge in [-0.25, -0.2) is 0 Å². The molecule has 0 spiro atoms. The molecular formula is C20H21N3O3S. The molecule has 27 heavy (non-hydrogen) atoms. The number of hydrogen-bond donors (Lipinski definition) is 0. The van der Waals surface area contributed by atoms with Gasteiger partial charge in [0.05, 0.1) is 12.2 Å². The Balaban J connectivity index is 1.33. The molecule has 1 aromatic carbocycles. The van der Waals surface area contributed by atoms with E-state index in [9.17, 15) is 4.79 Å². The minimum Gasteiger partial charge on any atom is -0.367 e. The van der Waals surface area contributed by atoms with Crippen molar-refractivity contribution >= 4 is 17.2 Å². The van der Waals surface area contributed by atoms with Gasteiger partial charge in [-0.2, -0.15) is 16.3 Å². The van der Waals surface area contributed by atoms with E-state index < -0.39 is 0 Å². The summed E-state index contributed by atoms with van der Waals surface area (Å²) in [4.78, 5) is 18.9. The second kappa shape index (κ2) is 8.45. The number of piperidine rings is 1. The van der Waals surface area contributed by atoms with Crippen molar-refractivity contribution in [3.8, 4) is 0 Å². The zero-order chi connectivity index (χ0) is 18.5. The molecule has 0 aliphatic carbocycles. The number of hydrogen-bond acceptors (Lipinski definition) is 6. The normalized spacial score (nSPS) is 17.2. The lowest BCUT2D eigenvalue weighted by atomic mass is 9.97. The summed E-state index contributed by atoms with van der Waals surface area (Å²) < 4.78 is 11.0. The lowest BCUT2D eigenvalue weighted by molar-refractivity contribution is 0.0704. The summed E-state index contributed by atoms with van der Waals surface area (Å²) in [5.41, 5.74) is 1.86. The number of aromatic nitrogens is 2. The zero-order valence-electron chi connectivity index (χ0n) is 14.9. The quantitative estimate of drug-likeness (QED) is 0.646. The maximum Gasteiger partial charge on any atom is 0.254 e. The van der Waals surface area contributed by atoms with Crippen LogP contribution in [0.3, 0.4) is 0 Å². The first-order chi connectivity index (χ1) is 13.3. The molecule has 2 aromatic heterocycles. The van der Waals surface area contributed by atoms with Crippen LogP contribution in [0.1, 0.15) is 46.4 Å². The van der Waals surface area contributed by atoms with Crippen molar-refractivity contribution in [1.29, 1.82) is 0 Å². The number of amides is 1. The van der Waals surface area contributed by atoms with E-state index in [0.29, 0.717) is 24.9 Å². The number of carbonyl (C=O) groups is 1. The number of rotatable bonds is 6. The topological polar surface area (TPSA) is 68.5 Å². The third-order valence-corrected chi connectivity index (χ3v) is 5.35. The summed E-state index contributed by atoms with van der Waals surface area (Å²) in [6, 6.07) is 11.8. The third-order valence-electron chi connectivity index (χ3n) is 4.66. The first-order valence-electron chi connectivity index (χ1n) is 9.05. The molecule has 6 nitrogen and oxygen atoms in total. The molecule has 4 rings (SSSR count). The minimum atomic E-state index is 0.0795. The lowest BCUT2D eigenvalue weighted by Crippen LogP contribution is -2.39. The lowest BCUT2D eigenvalue weighted by Gasteiger charge is -2.31. The van der Waals surface area contributed by atoms with Gasteiger partial charge in [0.1, 0.15) is 6.61 Å². The molecule has 3 aromatic rings. The molecular weight excluding hydrogens is 362 g/mol. The molecule has 7 heteroatoms. The highest BCUT2D eigenvalue weighted by Gasteiger charge is 2.28. The van der Waals surface area contributed by atoms with E-state index in [2.05, 4.69) is 10.1 Å². The van der Waals surface area contributed by atoms with E-state index in [4.69, 9.17) is 9.26 Å². The predicted octanol–water partition coefficient (Wildman–Crippen LogP) is 3.87. The smallest absolute Gasteiger partial charge is 0.254 e. The number of nitrogens with zero attached hydrogens (tertiary/aromatic N) is 3. The molecule has 1 fully saturated rings. The molecule has 0 bridgehead atoms. The van der Waals surface area contributed by atoms with Gasteiger partial charge in [0.15, 0.2) is 5.82 Å². The van der Waals surface area contributed by atoms with E-state index in [1.165, 1.54) is 11.3 Å². The summed E-state index contributed by atoms with van der Waals surface area (Å²) >= 11 is 1.54. The fourth-order valence-electron chi connectivity index (χ4n) is 3.26. The van der Waals surface area contributed by atoms with E-state index in [1.807, 2.05) is 52.1 Å². The zero-order valence-corrected chi connectivity index (χ0v) is 15.7. The van der Waals surface area contributed by atoms with Crippen molar-refractivity contribution in [3.05, 3.63) is 70.0 Å². The van der Waals surface area contributed by atoms with Crippen molar-refractivity contribution in [2.24, 2.45) is 0 Å². The van der Waals surface area contributed by atoms with Gasteiger partial charge < -0.3 is 14.2 Å². The summed E-state index contributed by atoms with van der Waals surface area (Å²) in [5, 5.41) is 7.94. The second-order valence-corrected chi connectivity index (χ2v) is 7.41. The Morgan fingerprint density at radius 2 is 2.15 bits per heavy atom. The fourth-order valence-corrected chi connectivity index (χ4v) is 3.89. The minimum absolute atomic E-state index is 0.0795. The van der Waals surface area contributed by atoms with Gasteiger partial charge in [-0.15, -0.1) is 0 Å². The maximum absolute atomic E-state index is 12.6. The van der Waals surface area contributed by atoms with Crippen molar-refractivity contribution in [1.82, 2.24) is 15.0 Å². The Hall–Kier alpha value is -2.51. The average Bonchev–Trinajstić information content (AvgIpc) is 3.41. The van der Waals surface area contributed by atoms with Crippen LogP contribution in [-0.4, -0.2) is 34.0 Å². The van der Waals surface area contributed by atoms with Gasteiger partial charge in [-0.05, 0) is 29.9 Å². The number of likely N-dealkylation sites (tertiary alicyclic amines) is 1. The van der Waals surface area contributed by atoms with E-state index >= 15 is 0 Å². The molecule has 1 aliphatic rings. The second-order valence-electron chi connectivity index (χ2n) is 6.63. The Morgan fingerprint density at radius 3 is 2.96 bits per heavy atom. The monoisotopic (exact) mass is 383 g/mol. The number of thiophene rings is 1. The standard InChI is InChI=1S/C20H21N3O3S/c24-20(17-8-10-27-14-17)23-9-4-7-16(11-23)19-21-18(26-22-19)13-25-12-15-5-2-1-3-6-15/h1-3,5-6,8,10,14,16H,4,7,9,11-13H2. The highest BCUT2D eigenvalue weighted by molar-refractivity contribution is 7.08. The van der Waals surface area contributed by atoms with Gasteiger partial charge in [-0.3, -0.25) is 4.79 Å². The molecule has 0 saturated carbocycles. The van der Waals surface area contributed by atoms with Gasteiger partial charge in [0.2, 0.25) is 0 Å². The SMILES string of the molecule is O=C(c1ccsc1)N1CCCC(c2noc(COCc3ccccc3)n2)C1. The molecule has 1 atom stereocenters. The van der Waals surface area contributed by atoms with Crippen LogP contribution in [0, 0.1) is 0 Å². The maximum atomic E-state index is 12.6. The van der Waals surface area contributed by atoms with Crippen LogP contribution in [0.25, 0.3) is 0 Å². The number of benzene rings is 1. The average molecular weight is 383 g/mol. The van der Waals surface area contributed by atoms with Crippen LogP contribution in [0.5, 0.6) is 0 Å². The van der Waals surface area contributed by atoms with E-state index in [1.54, 1.807) is 0 Å². The fraction of sp³-hybridized carbons (Fsp3) is 0.350. The molecule has 0 N–H and O–H groups in total. The predicted molar refractivity (Wildman–Crippen MR) is 101 cm³/mol. The summed E-state index contributed by atoms with van der Waals surface area (Å²) in [7, 11) is 0. The number of ether oxygens (including phenoxy) is 1. The largest absolute Gasteiger partial charge is 0.367 e. The Morgan fingerprint density at radius 1 is 1.26 bits per heavy atom. The van der Waals surface area contributed by atoms with Crippen LogP contribution in [0.2, 0.25) is 0 Å². The molecule has 1 aliphatic heterocycles. The molecule has 3 heterocycles. The summed E-state index contributed by atoms with van der Waals surface area (Å²) in [5.74, 6) is 1.32. The molecule has 1 saturated heterocycles. The number of carbonyl (C=O) groups excluding carboxylic acids is 1. The van der Waals surface area contributed by atoms with E-state index in [-0.39, 0.29) is 18.4 Å². The Bertz CT molecular complexity index is 864. The Kier molecular flexibility index (Phi) is 5.60. The molecule has 1 amide bonds. The third kappa shape index (κ3) is 4.43. The molecule has 140 valence electrons. The highest BCUT2D eigenvalue weighted by Crippen LogP contribution is 2.26. The first-order valence-corrected chi connectivity index (χ1v) is 9.99. The van der Waals surface area contributed by atoms with Crippen molar-refractivity contribution in [2.45, 2.75) is 32.0 Å². The van der Waals surface area contributed by atoms with Crippen molar-refractivity contribution in [2.75, 3.05) is 13.1 Å². The first kappa shape index (κ1) is 17.9. The van der Waals surface area contributed by atoms with Gasteiger partial charge in [-0.1, -0.05) is 35.5 Å². The van der Waals surface area contributed by atoms with Gasteiger partial charge in [0.25, 0.3) is 11.8 Å². The van der Waals surface area contributed by atoms with Gasteiger partial charge in [0, 0.05) is 24.4 Å². The van der Waals surface area contributed by atoms with Crippen LogP contribution in [0.15, 0.2) is 51.7 Å². The van der Waals surface area contributed by atoms with Gasteiger partial charge >= 0.3 is 0 Å². The molecule has 1 unspecified atom stereocenters.